The van der Waals surface area contributed by atoms with Crippen molar-refractivity contribution < 1.29 is 27.5 Å². The van der Waals surface area contributed by atoms with Crippen LogP contribution in [0.1, 0.15) is 12.5 Å². The summed E-state index contributed by atoms with van der Waals surface area (Å²) >= 11 is 0. The molecule has 2 aromatic rings. The summed E-state index contributed by atoms with van der Waals surface area (Å²) in [6.07, 6.45) is 0. The van der Waals surface area contributed by atoms with E-state index < -0.39 is 22.0 Å². The first-order chi connectivity index (χ1) is 15.9. The topological polar surface area (TPSA) is 126 Å². The third kappa shape index (κ3) is 6.91. The molecule has 1 aliphatic rings. The van der Waals surface area contributed by atoms with Crippen LogP contribution in [-0.2, 0) is 26.1 Å². The van der Waals surface area contributed by atoms with E-state index in [1.807, 2.05) is 30.3 Å². The predicted octanol–water partition coefficient (Wildman–Crippen LogP) is 1.54. The highest BCUT2D eigenvalue weighted by Crippen LogP contribution is 2.30. The molecule has 33 heavy (non-hydrogen) atoms. The molecule has 0 spiro atoms. The molecule has 0 unspecified atom stereocenters. The van der Waals surface area contributed by atoms with Gasteiger partial charge in [-0.2, -0.15) is 4.31 Å². The maximum Gasteiger partial charge on any atom is 0.315 e. The van der Waals surface area contributed by atoms with Crippen LogP contribution in [0, 0.1) is 0 Å². The zero-order valence-electron chi connectivity index (χ0n) is 18.4. The Labute approximate surface area is 193 Å². The zero-order valence-corrected chi connectivity index (χ0v) is 19.2. The molecule has 1 aliphatic heterocycles. The van der Waals surface area contributed by atoms with Gasteiger partial charge in [0, 0.05) is 25.3 Å². The van der Waals surface area contributed by atoms with Crippen LogP contribution >= 0.6 is 0 Å². The molecular weight excluding hydrogens is 448 g/mol. The van der Waals surface area contributed by atoms with Gasteiger partial charge in [0.1, 0.15) is 10.6 Å². The second-order valence-electron chi connectivity index (χ2n) is 7.18. The van der Waals surface area contributed by atoms with Crippen molar-refractivity contribution in [3.63, 3.8) is 0 Å². The van der Waals surface area contributed by atoms with Crippen LogP contribution in [0.25, 0.3) is 0 Å². The van der Waals surface area contributed by atoms with E-state index in [0.717, 1.165) is 5.56 Å². The van der Waals surface area contributed by atoms with Gasteiger partial charge >= 0.3 is 6.03 Å². The number of nitrogens with zero attached hydrogens (tertiary/aromatic N) is 1. The average Bonchev–Trinajstić information content (AvgIpc) is 2.83. The highest BCUT2D eigenvalue weighted by molar-refractivity contribution is 7.89. The Kier molecular flexibility index (Phi) is 8.64. The average molecular weight is 477 g/mol. The van der Waals surface area contributed by atoms with Crippen molar-refractivity contribution in [3.8, 4) is 5.75 Å². The lowest BCUT2D eigenvalue weighted by Gasteiger charge is -2.27. The number of amides is 3. The molecule has 0 aliphatic carbocycles. The molecular formula is C22H28N4O6S. The number of ether oxygens (including phenoxy) is 2. The quantitative estimate of drug-likeness (QED) is 0.504. The van der Waals surface area contributed by atoms with Gasteiger partial charge in [-0.05, 0) is 30.7 Å². The van der Waals surface area contributed by atoms with Crippen molar-refractivity contribution in [3.05, 3.63) is 54.1 Å². The van der Waals surface area contributed by atoms with Crippen molar-refractivity contribution in [1.82, 2.24) is 14.9 Å². The van der Waals surface area contributed by atoms with Gasteiger partial charge < -0.3 is 25.4 Å². The molecule has 10 nitrogen and oxygen atoms in total. The molecule has 0 bridgehead atoms. The predicted molar refractivity (Wildman–Crippen MR) is 122 cm³/mol. The van der Waals surface area contributed by atoms with E-state index in [1.54, 1.807) is 13.0 Å². The van der Waals surface area contributed by atoms with Crippen LogP contribution in [-0.4, -0.2) is 64.1 Å². The number of anilines is 1. The first-order valence-electron chi connectivity index (χ1n) is 10.6. The van der Waals surface area contributed by atoms with Crippen LogP contribution in [0.2, 0.25) is 0 Å². The Bertz CT molecular complexity index is 1060. The largest absolute Gasteiger partial charge is 0.492 e. The summed E-state index contributed by atoms with van der Waals surface area (Å²) < 4.78 is 38.3. The lowest BCUT2D eigenvalue weighted by atomic mass is 10.2. The number of rotatable bonds is 9. The van der Waals surface area contributed by atoms with Crippen LogP contribution in [0.5, 0.6) is 5.75 Å². The molecule has 178 valence electrons. The van der Waals surface area contributed by atoms with E-state index in [0.29, 0.717) is 26.4 Å². The van der Waals surface area contributed by atoms with E-state index in [2.05, 4.69) is 16.0 Å². The summed E-state index contributed by atoms with van der Waals surface area (Å²) in [5.41, 5.74) is 1.21. The van der Waals surface area contributed by atoms with Crippen molar-refractivity contribution >= 4 is 27.6 Å². The van der Waals surface area contributed by atoms with Crippen molar-refractivity contribution in [1.29, 1.82) is 0 Å². The molecule has 2 aromatic carbocycles. The summed E-state index contributed by atoms with van der Waals surface area (Å²) in [7, 11) is -3.84. The lowest BCUT2D eigenvalue weighted by Crippen LogP contribution is -2.41. The first-order valence-corrected chi connectivity index (χ1v) is 12.0. The van der Waals surface area contributed by atoms with Crippen molar-refractivity contribution in [2.45, 2.75) is 18.4 Å². The van der Waals surface area contributed by atoms with Gasteiger partial charge in [-0.1, -0.05) is 30.3 Å². The number of urea groups is 1. The fourth-order valence-corrected chi connectivity index (χ4v) is 4.76. The van der Waals surface area contributed by atoms with Gasteiger partial charge in [0.2, 0.25) is 15.9 Å². The van der Waals surface area contributed by atoms with Gasteiger partial charge in [0.15, 0.2) is 0 Å². The summed E-state index contributed by atoms with van der Waals surface area (Å²) in [6, 6.07) is 13.3. The third-order valence-corrected chi connectivity index (χ3v) is 6.74. The second-order valence-corrected chi connectivity index (χ2v) is 9.09. The minimum Gasteiger partial charge on any atom is -0.492 e. The maximum absolute atomic E-state index is 13.1. The Morgan fingerprint density at radius 2 is 1.79 bits per heavy atom. The number of hydrogen-bond donors (Lipinski definition) is 3. The maximum atomic E-state index is 13.1. The Morgan fingerprint density at radius 1 is 1.06 bits per heavy atom. The van der Waals surface area contributed by atoms with E-state index >= 15 is 0 Å². The molecule has 0 aromatic heterocycles. The number of carbonyl (C=O) groups is 2. The highest BCUT2D eigenvalue weighted by atomic mass is 32.2. The fraction of sp³-hybridized carbons (Fsp3) is 0.364. The van der Waals surface area contributed by atoms with E-state index in [4.69, 9.17) is 9.47 Å². The van der Waals surface area contributed by atoms with Gasteiger partial charge in [-0.25, -0.2) is 13.2 Å². The normalized spacial score (nSPS) is 14.3. The van der Waals surface area contributed by atoms with Crippen LogP contribution in [0.15, 0.2) is 53.4 Å². The SMILES string of the molecule is CCOc1ccc(NC(=O)CNC(=O)NCc2ccccc2)cc1S(=O)(=O)N1CCOCC1. The first kappa shape index (κ1) is 24.5. The molecule has 1 heterocycles. The van der Waals surface area contributed by atoms with E-state index in [9.17, 15) is 18.0 Å². The molecule has 0 atom stereocenters. The number of carbonyl (C=O) groups excluding carboxylic acids is 2. The zero-order chi connectivity index (χ0) is 23.7. The smallest absolute Gasteiger partial charge is 0.315 e. The van der Waals surface area contributed by atoms with Crippen LogP contribution in [0.4, 0.5) is 10.5 Å². The second kappa shape index (κ2) is 11.6. The molecule has 3 rings (SSSR count). The molecule has 3 N–H and O–H groups in total. The van der Waals surface area contributed by atoms with Crippen molar-refractivity contribution in [2.75, 3.05) is 44.8 Å². The monoisotopic (exact) mass is 476 g/mol. The number of hydrogen-bond acceptors (Lipinski definition) is 6. The number of sulfonamides is 1. The van der Waals surface area contributed by atoms with E-state index in [1.165, 1.54) is 16.4 Å². The minimum atomic E-state index is -3.84. The minimum absolute atomic E-state index is 0.0300. The highest BCUT2D eigenvalue weighted by Gasteiger charge is 2.29. The van der Waals surface area contributed by atoms with Crippen LogP contribution in [0.3, 0.4) is 0 Å². The molecule has 3 amide bonds. The molecule has 0 radical (unpaired) electrons. The summed E-state index contributed by atoms with van der Waals surface area (Å²) in [6.45, 7) is 3.22. The van der Waals surface area contributed by atoms with Crippen LogP contribution < -0.4 is 20.7 Å². The standard InChI is InChI=1S/C22H28N4O6S/c1-2-32-19-9-8-18(14-20(19)33(29,30)26-10-12-31-13-11-26)25-21(27)16-24-22(28)23-15-17-6-4-3-5-7-17/h3-9,14H,2,10-13,15-16H2,1H3,(H,25,27)(H2,23,24,28). The van der Waals surface area contributed by atoms with E-state index in [-0.39, 0.29) is 36.0 Å². The Morgan fingerprint density at radius 3 is 2.48 bits per heavy atom. The number of benzene rings is 2. The Balaban J connectivity index is 1.61. The summed E-state index contributed by atoms with van der Waals surface area (Å²) in [4.78, 5) is 24.2. The molecule has 11 heteroatoms. The third-order valence-electron chi connectivity index (χ3n) is 4.82. The van der Waals surface area contributed by atoms with Gasteiger partial charge in [-0.15, -0.1) is 0 Å². The fourth-order valence-electron chi connectivity index (χ4n) is 3.19. The molecule has 1 saturated heterocycles. The number of nitrogens with one attached hydrogen (secondary N) is 3. The molecule has 1 fully saturated rings. The molecule has 0 saturated carbocycles. The lowest BCUT2D eigenvalue weighted by molar-refractivity contribution is -0.115. The van der Waals surface area contributed by atoms with Gasteiger partial charge in [0.25, 0.3) is 0 Å². The summed E-state index contributed by atoms with van der Waals surface area (Å²) in [5.74, 6) is -0.288. The summed E-state index contributed by atoms with van der Waals surface area (Å²) in [5, 5.41) is 7.75. The Hall–Kier alpha value is -3.15. The van der Waals surface area contributed by atoms with Crippen molar-refractivity contribution in [2.24, 2.45) is 0 Å². The number of morpholine rings is 1. The van der Waals surface area contributed by atoms with Gasteiger partial charge in [0.05, 0.1) is 26.4 Å². The van der Waals surface area contributed by atoms with Gasteiger partial charge in [-0.3, -0.25) is 4.79 Å².